The van der Waals surface area contributed by atoms with Crippen LogP contribution >= 0.6 is 0 Å². The van der Waals surface area contributed by atoms with Crippen LogP contribution in [0.15, 0.2) is 35.9 Å². The van der Waals surface area contributed by atoms with Crippen LogP contribution in [0.1, 0.15) is 61.0 Å². The standard InChI is InChI=1S/C27H44N4O4/c1-16(2)20(14-17(3)25(34)35)31(10)24(33)22(26(4,5)6)30-23(32)21(29-9)27(7,8)18-12-11-13-19(28)15-18/h11-16,20-22,29H,28H2,1-10H3,(H,30,32)(H,34,35)/b17-14+/t20-,21-,22?/m1/s1. The minimum Gasteiger partial charge on any atom is -0.478 e. The average molecular weight is 489 g/mol. The fraction of sp³-hybridized carbons (Fsp3) is 0.593. The summed E-state index contributed by atoms with van der Waals surface area (Å²) in [6.07, 6.45) is 1.59. The topological polar surface area (TPSA) is 125 Å². The van der Waals surface area contributed by atoms with E-state index in [-0.39, 0.29) is 23.3 Å². The third-order valence-electron chi connectivity index (χ3n) is 6.54. The molecule has 35 heavy (non-hydrogen) atoms. The lowest BCUT2D eigenvalue weighted by atomic mass is 9.76. The predicted molar refractivity (Wildman–Crippen MR) is 141 cm³/mol. The number of carbonyl (C=O) groups excluding carboxylic acids is 2. The Bertz CT molecular complexity index is 947. The molecule has 0 aromatic heterocycles. The molecule has 0 saturated carbocycles. The molecule has 0 aliphatic rings. The smallest absolute Gasteiger partial charge is 0.331 e. The number of likely N-dealkylation sites (N-methyl/N-ethyl adjacent to an activating group) is 2. The summed E-state index contributed by atoms with van der Waals surface area (Å²) < 4.78 is 0. The van der Waals surface area contributed by atoms with E-state index in [2.05, 4.69) is 10.6 Å². The third kappa shape index (κ3) is 7.56. The van der Waals surface area contributed by atoms with Crippen molar-refractivity contribution in [2.75, 3.05) is 19.8 Å². The largest absolute Gasteiger partial charge is 0.478 e. The van der Waals surface area contributed by atoms with Crippen LogP contribution in [0, 0.1) is 11.3 Å². The summed E-state index contributed by atoms with van der Waals surface area (Å²) in [7, 11) is 3.36. The van der Waals surface area contributed by atoms with Crippen molar-refractivity contribution in [3.63, 3.8) is 0 Å². The maximum atomic E-state index is 13.7. The van der Waals surface area contributed by atoms with E-state index in [0.29, 0.717) is 5.69 Å². The molecule has 0 aliphatic heterocycles. The minimum atomic E-state index is -1.03. The molecular weight excluding hydrogens is 444 g/mol. The van der Waals surface area contributed by atoms with E-state index in [0.717, 1.165) is 5.56 Å². The van der Waals surface area contributed by atoms with Crippen molar-refractivity contribution < 1.29 is 19.5 Å². The Hall–Kier alpha value is -2.87. The van der Waals surface area contributed by atoms with E-state index in [1.54, 1.807) is 26.2 Å². The number of hydrogen-bond acceptors (Lipinski definition) is 5. The summed E-state index contributed by atoms with van der Waals surface area (Å²) in [5.41, 5.74) is 6.45. The van der Waals surface area contributed by atoms with Crippen molar-refractivity contribution in [3.05, 3.63) is 41.5 Å². The molecule has 0 bridgehead atoms. The first-order chi connectivity index (χ1) is 15.9. The lowest BCUT2D eigenvalue weighted by molar-refractivity contribution is -0.141. The van der Waals surface area contributed by atoms with E-state index >= 15 is 0 Å². The number of aliphatic carboxylic acids is 1. The molecule has 8 nitrogen and oxygen atoms in total. The Morgan fingerprint density at radius 3 is 2.09 bits per heavy atom. The molecule has 0 aliphatic carbocycles. The highest BCUT2D eigenvalue weighted by Crippen LogP contribution is 2.30. The number of carboxylic acids is 1. The van der Waals surface area contributed by atoms with Gasteiger partial charge in [0.1, 0.15) is 6.04 Å². The molecule has 0 radical (unpaired) electrons. The molecule has 2 amide bonds. The zero-order chi connectivity index (χ0) is 27.3. The quantitative estimate of drug-likeness (QED) is 0.296. The van der Waals surface area contributed by atoms with Gasteiger partial charge in [-0.15, -0.1) is 0 Å². The van der Waals surface area contributed by atoms with E-state index in [1.165, 1.54) is 11.8 Å². The highest BCUT2D eigenvalue weighted by Gasteiger charge is 2.41. The van der Waals surface area contributed by atoms with Crippen molar-refractivity contribution in [2.24, 2.45) is 11.3 Å². The second kappa shape index (κ2) is 11.7. The number of carboxylic acid groups (broad SMARTS) is 1. The zero-order valence-electron chi connectivity index (χ0n) is 22.9. The molecule has 3 atom stereocenters. The molecule has 0 spiro atoms. The highest BCUT2D eigenvalue weighted by atomic mass is 16.4. The van der Waals surface area contributed by atoms with Crippen LogP contribution < -0.4 is 16.4 Å². The van der Waals surface area contributed by atoms with Gasteiger partial charge in [0.2, 0.25) is 11.8 Å². The lowest BCUT2D eigenvalue weighted by Crippen LogP contribution is -2.61. The number of nitrogens with one attached hydrogen (secondary N) is 2. The van der Waals surface area contributed by atoms with Gasteiger partial charge in [-0.3, -0.25) is 9.59 Å². The fourth-order valence-corrected chi connectivity index (χ4v) is 4.23. The van der Waals surface area contributed by atoms with Gasteiger partial charge in [0.25, 0.3) is 0 Å². The summed E-state index contributed by atoms with van der Waals surface area (Å²) in [5.74, 6) is -1.64. The van der Waals surface area contributed by atoms with Gasteiger partial charge in [-0.2, -0.15) is 0 Å². The van der Waals surface area contributed by atoms with Crippen LogP contribution in [0.4, 0.5) is 5.69 Å². The van der Waals surface area contributed by atoms with Crippen LogP contribution in [0.5, 0.6) is 0 Å². The van der Waals surface area contributed by atoms with Crippen molar-refractivity contribution >= 4 is 23.5 Å². The van der Waals surface area contributed by atoms with Gasteiger partial charge in [0.05, 0.1) is 12.1 Å². The van der Waals surface area contributed by atoms with Crippen LogP contribution in [-0.2, 0) is 19.8 Å². The fourth-order valence-electron chi connectivity index (χ4n) is 4.23. The average Bonchev–Trinajstić information content (AvgIpc) is 2.73. The first-order valence-electron chi connectivity index (χ1n) is 12.0. The summed E-state index contributed by atoms with van der Waals surface area (Å²) in [5, 5.41) is 15.4. The van der Waals surface area contributed by atoms with Crippen LogP contribution in [0.25, 0.3) is 0 Å². The second-order valence-electron chi connectivity index (χ2n) is 11.2. The highest BCUT2D eigenvalue weighted by molar-refractivity contribution is 5.91. The number of rotatable bonds is 10. The molecule has 0 fully saturated rings. The first-order valence-corrected chi connectivity index (χ1v) is 12.0. The molecule has 1 rings (SSSR count). The Balaban J connectivity index is 3.32. The van der Waals surface area contributed by atoms with Crippen LogP contribution in [0.2, 0.25) is 0 Å². The number of benzene rings is 1. The Morgan fingerprint density at radius 1 is 1.09 bits per heavy atom. The number of hydrogen-bond donors (Lipinski definition) is 4. The van der Waals surface area contributed by atoms with Gasteiger partial charge in [0.15, 0.2) is 0 Å². The molecule has 0 saturated heterocycles. The van der Waals surface area contributed by atoms with E-state index in [9.17, 15) is 19.5 Å². The van der Waals surface area contributed by atoms with Gasteiger partial charge in [-0.1, -0.05) is 66.7 Å². The monoisotopic (exact) mass is 488 g/mol. The van der Waals surface area contributed by atoms with Gasteiger partial charge >= 0.3 is 5.97 Å². The van der Waals surface area contributed by atoms with Crippen molar-refractivity contribution in [1.29, 1.82) is 0 Å². The molecule has 196 valence electrons. The minimum absolute atomic E-state index is 0.0258. The summed E-state index contributed by atoms with van der Waals surface area (Å²) >= 11 is 0. The lowest BCUT2D eigenvalue weighted by Gasteiger charge is -2.40. The Labute approximate surface area is 210 Å². The van der Waals surface area contributed by atoms with Gasteiger partial charge in [-0.25, -0.2) is 4.79 Å². The zero-order valence-corrected chi connectivity index (χ0v) is 22.9. The van der Waals surface area contributed by atoms with Gasteiger partial charge < -0.3 is 26.4 Å². The molecule has 0 heterocycles. The van der Waals surface area contributed by atoms with Gasteiger partial charge in [-0.05, 0) is 43.0 Å². The SMILES string of the molecule is CN[C@H](C(=O)NC(C(=O)N(C)[C@H](/C=C(\C)C(=O)O)C(C)C)C(C)(C)C)C(C)(C)c1cccc(N)c1. The number of nitrogen functional groups attached to an aromatic ring is 1. The number of nitrogens with zero attached hydrogens (tertiary/aromatic N) is 1. The maximum Gasteiger partial charge on any atom is 0.331 e. The number of anilines is 1. The van der Waals surface area contributed by atoms with Gasteiger partial charge in [0, 0.05) is 23.7 Å². The summed E-state index contributed by atoms with van der Waals surface area (Å²) in [4.78, 5) is 40.2. The molecule has 5 N–H and O–H groups in total. The number of amides is 2. The maximum absolute atomic E-state index is 13.7. The molecule has 1 aromatic rings. The second-order valence-corrected chi connectivity index (χ2v) is 11.2. The normalized spacial score (nSPS) is 15.3. The molecule has 1 unspecified atom stereocenters. The Kier molecular flexibility index (Phi) is 10.1. The number of carbonyl (C=O) groups is 3. The van der Waals surface area contributed by atoms with Crippen molar-refractivity contribution in [3.8, 4) is 0 Å². The van der Waals surface area contributed by atoms with Crippen LogP contribution in [-0.4, -0.2) is 60.0 Å². The third-order valence-corrected chi connectivity index (χ3v) is 6.54. The van der Waals surface area contributed by atoms with Crippen molar-refractivity contribution in [2.45, 2.75) is 78.9 Å². The summed E-state index contributed by atoms with van der Waals surface area (Å²) in [6.45, 7) is 15.0. The first kappa shape index (κ1) is 30.2. The molecule has 1 aromatic carbocycles. The molecular formula is C27H44N4O4. The van der Waals surface area contributed by atoms with E-state index in [4.69, 9.17) is 5.73 Å². The van der Waals surface area contributed by atoms with Crippen LogP contribution in [0.3, 0.4) is 0 Å². The summed E-state index contributed by atoms with van der Waals surface area (Å²) in [6, 6.07) is 5.52. The van der Waals surface area contributed by atoms with E-state index in [1.807, 2.05) is 66.7 Å². The predicted octanol–water partition coefficient (Wildman–Crippen LogP) is 3.18. The van der Waals surface area contributed by atoms with Crippen molar-refractivity contribution in [1.82, 2.24) is 15.5 Å². The van der Waals surface area contributed by atoms with E-state index < -0.39 is 34.9 Å². The molecule has 8 heteroatoms. The Morgan fingerprint density at radius 2 is 1.66 bits per heavy atom. The number of nitrogens with two attached hydrogens (primary N) is 1.